The van der Waals surface area contributed by atoms with Gasteiger partial charge in [-0.25, -0.2) is 0 Å². The van der Waals surface area contributed by atoms with Crippen molar-refractivity contribution in [2.45, 2.75) is 19.9 Å². The standard InChI is InChI=1S/C17H15F3O2/c1-12(2)14-5-9-15(10-6-14)21-11-13-3-7-16(8-4-13)22-17(18,19)20/h3-10H,1,11H2,2H3. The number of ether oxygens (including phenoxy) is 2. The highest BCUT2D eigenvalue weighted by molar-refractivity contribution is 5.61. The minimum absolute atomic E-state index is 0.248. The van der Waals surface area contributed by atoms with Crippen LogP contribution in [-0.2, 0) is 6.61 Å². The van der Waals surface area contributed by atoms with Crippen LogP contribution in [0.4, 0.5) is 13.2 Å². The molecular weight excluding hydrogens is 293 g/mol. The van der Waals surface area contributed by atoms with Crippen LogP contribution >= 0.6 is 0 Å². The number of rotatable bonds is 5. The molecule has 0 saturated carbocycles. The van der Waals surface area contributed by atoms with Crippen molar-refractivity contribution < 1.29 is 22.6 Å². The number of alkyl halides is 3. The summed E-state index contributed by atoms with van der Waals surface area (Å²) in [5.74, 6) is 0.433. The highest BCUT2D eigenvalue weighted by Crippen LogP contribution is 2.23. The molecule has 0 aliphatic heterocycles. The number of benzene rings is 2. The van der Waals surface area contributed by atoms with E-state index in [0.29, 0.717) is 5.75 Å². The predicted octanol–water partition coefficient (Wildman–Crippen LogP) is 5.20. The molecular formula is C17H15F3O2. The van der Waals surface area contributed by atoms with E-state index in [1.165, 1.54) is 24.3 Å². The molecule has 0 radical (unpaired) electrons. The monoisotopic (exact) mass is 308 g/mol. The molecule has 2 nitrogen and oxygen atoms in total. The topological polar surface area (TPSA) is 18.5 Å². The Hall–Kier alpha value is -2.43. The number of allylic oxidation sites excluding steroid dienone is 1. The summed E-state index contributed by atoms with van der Waals surface area (Å²) in [4.78, 5) is 0. The fourth-order valence-electron chi connectivity index (χ4n) is 1.79. The zero-order chi connectivity index (χ0) is 16.2. The Balaban J connectivity index is 1.92. The Morgan fingerprint density at radius 3 is 2.00 bits per heavy atom. The van der Waals surface area contributed by atoms with E-state index in [-0.39, 0.29) is 12.4 Å². The highest BCUT2D eigenvalue weighted by atomic mass is 19.4. The van der Waals surface area contributed by atoms with Crippen LogP contribution < -0.4 is 9.47 Å². The first kappa shape index (κ1) is 15.9. The first-order chi connectivity index (χ1) is 10.3. The first-order valence-corrected chi connectivity index (χ1v) is 6.57. The summed E-state index contributed by atoms with van der Waals surface area (Å²) in [5, 5.41) is 0. The van der Waals surface area contributed by atoms with Crippen LogP contribution in [0.15, 0.2) is 55.1 Å². The van der Waals surface area contributed by atoms with Crippen LogP contribution in [0, 0.1) is 0 Å². The molecule has 116 valence electrons. The van der Waals surface area contributed by atoms with E-state index in [9.17, 15) is 13.2 Å². The predicted molar refractivity (Wildman–Crippen MR) is 78.6 cm³/mol. The fraction of sp³-hybridized carbons (Fsp3) is 0.176. The van der Waals surface area contributed by atoms with Crippen LogP contribution in [0.2, 0.25) is 0 Å². The summed E-state index contributed by atoms with van der Waals surface area (Å²) in [6.45, 7) is 6.03. The van der Waals surface area contributed by atoms with Gasteiger partial charge in [0.15, 0.2) is 0 Å². The second-order valence-electron chi connectivity index (χ2n) is 4.79. The Morgan fingerprint density at radius 2 is 1.50 bits per heavy atom. The van der Waals surface area contributed by atoms with Crippen molar-refractivity contribution in [3.8, 4) is 11.5 Å². The maximum Gasteiger partial charge on any atom is 0.573 e. The smallest absolute Gasteiger partial charge is 0.489 e. The molecule has 2 aromatic carbocycles. The van der Waals surface area contributed by atoms with Crippen LogP contribution in [0.3, 0.4) is 0 Å². The second kappa shape index (κ2) is 6.56. The number of hydrogen-bond donors (Lipinski definition) is 0. The van der Waals surface area contributed by atoms with Gasteiger partial charge in [0.25, 0.3) is 0 Å². The van der Waals surface area contributed by atoms with Gasteiger partial charge in [-0.15, -0.1) is 13.2 Å². The molecule has 22 heavy (non-hydrogen) atoms. The lowest BCUT2D eigenvalue weighted by atomic mass is 10.1. The third-order valence-corrected chi connectivity index (χ3v) is 2.91. The highest BCUT2D eigenvalue weighted by Gasteiger charge is 2.30. The molecule has 5 heteroatoms. The van der Waals surface area contributed by atoms with Crippen molar-refractivity contribution in [1.29, 1.82) is 0 Å². The second-order valence-corrected chi connectivity index (χ2v) is 4.79. The van der Waals surface area contributed by atoms with E-state index in [2.05, 4.69) is 11.3 Å². The van der Waals surface area contributed by atoms with Gasteiger partial charge >= 0.3 is 6.36 Å². The lowest BCUT2D eigenvalue weighted by Crippen LogP contribution is -2.17. The molecule has 0 heterocycles. The van der Waals surface area contributed by atoms with E-state index in [1.807, 2.05) is 31.2 Å². The lowest BCUT2D eigenvalue weighted by molar-refractivity contribution is -0.274. The van der Waals surface area contributed by atoms with Crippen molar-refractivity contribution in [3.63, 3.8) is 0 Å². The largest absolute Gasteiger partial charge is 0.573 e. The average molecular weight is 308 g/mol. The van der Waals surface area contributed by atoms with Crippen LogP contribution in [-0.4, -0.2) is 6.36 Å². The summed E-state index contributed by atoms with van der Waals surface area (Å²) >= 11 is 0. The minimum Gasteiger partial charge on any atom is -0.489 e. The first-order valence-electron chi connectivity index (χ1n) is 6.57. The van der Waals surface area contributed by atoms with E-state index in [4.69, 9.17) is 4.74 Å². The van der Waals surface area contributed by atoms with Crippen LogP contribution in [0.25, 0.3) is 5.57 Å². The molecule has 0 amide bonds. The molecule has 2 aromatic rings. The Kier molecular flexibility index (Phi) is 4.75. The minimum atomic E-state index is -4.68. The Labute approximate surface area is 126 Å². The third-order valence-electron chi connectivity index (χ3n) is 2.91. The average Bonchev–Trinajstić information content (AvgIpc) is 2.45. The van der Waals surface area contributed by atoms with Crippen LogP contribution in [0.1, 0.15) is 18.1 Å². The summed E-state index contributed by atoms with van der Waals surface area (Å²) in [6.07, 6.45) is -4.68. The van der Waals surface area contributed by atoms with Gasteiger partial charge in [0.2, 0.25) is 0 Å². The molecule has 2 rings (SSSR count). The number of hydrogen-bond acceptors (Lipinski definition) is 2. The summed E-state index contributed by atoms with van der Waals surface area (Å²) in [7, 11) is 0. The Morgan fingerprint density at radius 1 is 0.955 bits per heavy atom. The molecule has 0 bridgehead atoms. The lowest BCUT2D eigenvalue weighted by Gasteiger charge is -2.10. The molecule has 0 fully saturated rings. The fourth-order valence-corrected chi connectivity index (χ4v) is 1.79. The van der Waals surface area contributed by atoms with Crippen molar-refractivity contribution in [2.75, 3.05) is 0 Å². The van der Waals surface area contributed by atoms with Gasteiger partial charge in [0, 0.05) is 0 Å². The van der Waals surface area contributed by atoms with E-state index in [0.717, 1.165) is 16.7 Å². The molecule has 0 spiro atoms. The molecule has 0 aliphatic rings. The van der Waals surface area contributed by atoms with Gasteiger partial charge in [-0.2, -0.15) is 0 Å². The normalized spacial score (nSPS) is 11.1. The Bertz CT molecular complexity index is 628. The molecule has 0 aromatic heterocycles. The number of halogens is 3. The SMILES string of the molecule is C=C(C)c1ccc(OCc2ccc(OC(F)(F)F)cc2)cc1. The molecule has 0 unspecified atom stereocenters. The van der Waals surface area contributed by atoms with E-state index >= 15 is 0 Å². The summed E-state index contributed by atoms with van der Waals surface area (Å²) in [5.41, 5.74) is 2.74. The maximum absolute atomic E-state index is 12.0. The van der Waals surface area contributed by atoms with E-state index in [1.54, 1.807) is 0 Å². The van der Waals surface area contributed by atoms with Gasteiger partial charge in [0.1, 0.15) is 18.1 Å². The maximum atomic E-state index is 12.0. The summed E-state index contributed by atoms with van der Waals surface area (Å²) < 4.78 is 45.5. The molecule has 0 aliphatic carbocycles. The zero-order valence-electron chi connectivity index (χ0n) is 12.0. The summed E-state index contributed by atoms with van der Waals surface area (Å²) in [6, 6.07) is 13.0. The van der Waals surface area contributed by atoms with Crippen molar-refractivity contribution in [3.05, 3.63) is 66.2 Å². The molecule has 0 atom stereocenters. The van der Waals surface area contributed by atoms with E-state index < -0.39 is 6.36 Å². The molecule has 0 N–H and O–H groups in total. The molecule has 0 saturated heterocycles. The van der Waals surface area contributed by atoms with Crippen LogP contribution in [0.5, 0.6) is 11.5 Å². The zero-order valence-corrected chi connectivity index (χ0v) is 12.0. The van der Waals surface area contributed by atoms with Gasteiger partial charge in [0.05, 0.1) is 0 Å². The van der Waals surface area contributed by atoms with Gasteiger partial charge in [-0.3, -0.25) is 0 Å². The van der Waals surface area contributed by atoms with Gasteiger partial charge in [-0.05, 0) is 42.3 Å². The van der Waals surface area contributed by atoms with Crippen molar-refractivity contribution >= 4 is 5.57 Å². The van der Waals surface area contributed by atoms with Gasteiger partial charge in [-0.1, -0.05) is 36.4 Å². The van der Waals surface area contributed by atoms with Gasteiger partial charge < -0.3 is 9.47 Å². The van der Waals surface area contributed by atoms with Crippen molar-refractivity contribution in [2.24, 2.45) is 0 Å². The van der Waals surface area contributed by atoms with Crippen molar-refractivity contribution in [1.82, 2.24) is 0 Å². The quantitative estimate of drug-likeness (QED) is 0.756. The third kappa shape index (κ3) is 4.84.